The van der Waals surface area contributed by atoms with Gasteiger partial charge >= 0.3 is 0 Å². The van der Waals surface area contributed by atoms with Crippen molar-refractivity contribution in [2.75, 3.05) is 22.5 Å². The van der Waals surface area contributed by atoms with Gasteiger partial charge in [-0.25, -0.2) is 0 Å². The number of nitrogens with zero attached hydrogens (tertiary/aromatic N) is 1. The van der Waals surface area contributed by atoms with E-state index in [0.717, 1.165) is 30.5 Å². The SMILES string of the molecule is Nc1ccc2c(c1)CCCC2NC(=O)CCC(=O)N1CC(=O)Nc2ccccc21. The Bertz CT molecular complexity index is 972. The van der Waals surface area contributed by atoms with Crippen molar-refractivity contribution >= 4 is 34.8 Å². The Kier molecular flexibility index (Phi) is 5.20. The van der Waals surface area contributed by atoms with Crippen molar-refractivity contribution in [1.82, 2.24) is 5.32 Å². The Labute approximate surface area is 169 Å². The zero-order valence-electron chi connectivity index (χ0n) is 16.1. The van der Waals surface area contributed by atoms with Crippen LogP contribution in [0.1, 0.15) is 42.9 Å². The Morgan fingerprint density at radius 2 is 2.00 bits per heavy atom. The van der Waals surface area contributed by atoms with Crippen LogP contribution in [0.15, 0.2) is 42.5 Å². The second kappa shape index (κ2) is 7.95. The molecule has 0 spiro atoms. The standard InChI is InChI=1S/C22H24N4O3/c23-15-8-9-16-14(12-15)4-3-6-17(16)24-20(27)10-11-22(29)26-13-21(28)25-18-5-1-2-7-19(18)26/h1-2,5,7-9,12,17H,3-4,6,10-11,13,23H2,(H,24,27)(H,25,28). The molecule has 0 saturated carbocycles. The molecule has 2 aliphatic rings. The van der Waals surface area contributed by atoms with E-state index in [9.17, 15) is 14.4 Å². The van der Waals surface area contributed by atoms with Gasteiger partial charge in [-0.15, -0.1) is 0 Å². The molecule has 1 unspecified atom stereocenters. The molecular formula is C22H24N4O3. The second-order valence-corrected chi connectivity index (χ2v) is 7.52. The Hall–Kier alpha value is -3.35. The van der Waals surface area contributed by atoms with Gasteiger partial charge in [-0.3, -0.25) is 14.4 Å². The van der Waals surface area contributed by atoms with Gasteiger partial charge in [0.25, 0.3) is 0 Å². The maximum atomic E-state index is 12.7. The van der Waals surface area contributed by atoms with Crippen molar-refractivity contribution in [3.63, 3.8) is 0 Å². The number of nitrogen functional groups attached to an aromatic ring is 1. The third-order valence-electron chi connectivity index (χ3n) is 5.45. The van der Waals surface area contributed by atoms with Gasteiger partial charge in [0.2, 0.25) is 17.7 Å². The number of nitrogens with one attached hydrogen (secondary N) is 2. The number of nitrogens with two attached hydrogens (primary N) is 1. The zero-order chi connectivity index (χ0) is 20.4. The van der Waals surface area contributed by atoms with E-state index in [1.807, 2.05) is 24.3 Å². The number of benzene rings is 2. The first kappa shape index (κ1) is 19.0. The van der Waals surface area contributed by atoms with Gasteiger partial charge in [0.15, 0.2) is 0 Å². The van der Waals surface area contributed by atoms with Crippen molar-refractivity contribution in [1.29, 1.82) is 0 Å². The van der Waals surface area contributed by atoms with Gasteiger partial charge in [-0.2, -0.15) is 0 Å². The van der Waals surface area contributed by atoms with Crippen LogP contribution in [0.4, 0.5) is 17.1 Å². The molecule has 1 heterocycles. The molecule has 150 valence electrons. The summed E-state index contributed by atoms with van der Waals surface area (Å²) in [5, 5.41) is 5.81. The average Bonchev–Trinajstić information content (AvgIpc) is 2.71. The first-order valence-corrected chi connectivity index (χ1v) is 9.88. The molecule has 7 nitrogen and oxygen atoms in total. The quantitative estimate of drug-likeness (QED) is 0.696. The minimum absolute atomic E-state index is 0.0328. The molecule has 2 aromatic rings. The largest absolute Gasteiger partial charge is 0.399 e. The van der Waals surface area contributed by atoms with Crippen molar-refractivity contribution in [3.8, 4) is 0 Å². The third-order valence-corrected chi connectivity index (χ3v) is 5.45. The van der Waals surface area contributed by atoms with E-state index < -0.39 is 0 Å². The van der Waals surface area contributed by atoms with Crippen LogP contribution in [-0.4, -0.2) is 24.3 Å². The predicted molar refractivity (Wildman–Crippen MR) is 111 cm³/mol. The summed E-state index contributed by atoms with van der Waals surface area (Å²) < 4.78 is 0. The number of anilines is 3. The number of carbonyl (C=O) groups excluding carboxylic acids is 3. The molecule has 29 heavy (non-hydrogen) atoms. The van der Waals surface area contributed by atoms with Crippen LogP contribution < -0.4 is 21.3 Å². The molecule has 1 aliphatic carbocycles. The van der Waals surface area contributed by atoms with E-state index in [-0.39, 0.29) is 43.1 Å². The van der Waals surface area contributed by atoms with E-state index in [1.54, 1.807) is 18.2 Å². The smallest absolute Gasteiger partial charge is 0.244 e. The van der Waals surface area contributed by atoms with Gasteiger partial charge < -0.3 is 21.3 Å². The molecular weight excluding hydrogens is 368 g/mol. The minimum Gasteiger partial charge on any atom is -0.399 e. The lowest BCUT2D eigenvalue weighted by molar-refractivity contribution is -0.126. The molecule has 1 aliphatic heterocycles. The van der Waals surface area contributed by atoms with E-state index in [0.29, 0.717) is 11.4 Å². The molecule has 7 heteroatoms. The normalized spacial score (nSPS) is 17.7. The second-order valence-electron chi connectivity index (χ2n) is 7.52. The maximum Gasteiger partial charge on any atom is 0.244 e. The molecule has 4 rings (SSSR count). The average molecular weight is 392 g/mol. The summed E-state index contributed by atoms with van der Waals surface area (Å²) in [6.07, 6.45) is 2.95. The number of aryl methyl sites for hydroxylation is 1. The van der Waals surface area contributed by atoms with E-state index in [1.165, 1.54) is 10.5 Å². The number of hydrogen-bond donors (Lipinski definition) is 3. The summed E-state index contributed by atoms with van der Waals surface area (Å²) in [6, 6.07) is 12.9. The molecule has 1 atom stereocenters. The lowest BCUT2D eigenvalue weighted by Crippen LogP contribution is -2.42. The topological polar surface area (TPSA) is 105 Å². The van der Waals surface area contributed by atoms with Crippen LogP contribution in [0.25, 0.3) is 0 Å². The van der Waals surface area contributed by atoms with Crippen molar-refractivity contribution < 1.29 is 14.4 Å². The number of hydrogen-bond acceptors (Lipinski definition) is 4. The van der Waals surface area contributed by atoms with Gasteiger partial charge in [-0.05, 0) is 54.7 Å². The maximum absolute atomic E-state index is 12.7. The van der Waals surface area contributed by atoms with Crippen LogP contribution in [0.5, 0.6) is 0 Å². The summed E-state index contributed by atoms with van der Waals surface area (Å²) >= 11 is 0. The Balaban J connectivity index is 1.37. The van der Waals surface area contributed by atoms with Crippen molar-refractivity contribution in [3.05, 3.63) is 53.6 Å². The zero-order valence-corrected chi connectivity index (χ0v) is 16.1. The highest BCUT2D eigenvalue weighted by Gasteiger charge is 2.27. The van der Waals surface area contributed by atoms with Crippen LogP contribution in [0, 0.1) is 0 Å². The summed E-state index contributed by atoms with van der Waals surface area (Å²) in [5.74, 6) is -0.637. The number of fused-ring (bicyclic) bond motifs is 2. The van der Waals surface area contributed by atoms with Crippen molar-refractivity contribution in [2.24, 2.45) is 0 Å². The van der Waals surface area contributed by atoms with Gasteiger partial charge in [0.05, 0.1) is 17.4 Å². The van der Waals surface area contributed by atoms with Gasteiger partial charge in [0.1, 0.15) is 6.54 Å². The highest BCUT2D eigenvalue weighted by molar-refractivity contribution is 6.10. The summed E-state index contributed by atoms with van der Waals surface area (Å²) in [5.41, 5.74) is 10.1. The van der Waals surface area contributed by atoms with Crippen molar-refractivity contribution in [2.45, 2.75) is 38.1 Å². The Morgan fingerprint density at radius 1 is 1.17 bits per heavy atom. The lowest BCUT2D eigenvalue weighted by Gasteiger charge is -2.29. The number of amides is 3. The fourth-order valence-corrected chi connectivity index (χ4v) is 4.06. The highest BCUT2D eigenvalue weighted by atomic mass is 16.2. The molecule has 4 N–H and O–H groups in total. The molecule has 0 fully saturated rings. The summed E-state index contributed by atoms with van der Waals surface area (Å²) in [4.78, 5) is 38.5. The first-order chi connectivity index (χ1) is 14.0. The minimum atomic E-state index is -0.237. The fourth-order valence-electron chi connectivity index (χ4n) is 4.06. The monoisotopic (exact) mass is 392 g/mol. The molecule has 0 radical (unpaired) electrons. The number of para-hydroxylation sites is 2. The predicted octanol–water partition coefficient (Wildman–Crippen LogP) is 2.53. The molecule has 0 bridgehead atoms. The first-order valence-electron chi connectivity index (χ1n) is 9.88. The van der Waals surface area contributed by atoms with Crippen LogP contribution in [0.2, 0.25) is 0 Å². The van der Waals surface area contributed by atoms with Gasteiger partial charge in [-0.1, -0.05) is 18.2 Å². The van der Waals surface area contributed by atoms with E-state index >= 15 is 0 Å². The molecule has 2 aromatic carbocycles. The number of rotatable bonds is 4. The molecule has 3 amide bonds. The Morgan fingerprint density at radius 3 is 2.86 bits per heavy atom. The lowest BCUT2D eigenvalue weighted by atomic mass is 9.87. The van der Waals surface area contributed by atoms with Crippen LogP contribution in [0.3, 0.4) is 0 Å². The fraction of sp³-hybridized carbons (Fsp3) is 0.318. The number of carbonyl (C=O) groups is 3. The molecule has 0 saturated heterocycles. The van der Waals surface area contributed by atoms with Crippen LogP contribution in [-0.2, 0) is 20.8 Å². The summed E-state index contributed by atoms with van der Waals surface area (Å²) in [7, 11) is 0. The third kappa shape index (κ3) is 4.08. The summed E-state index contributed by atoms with van der Waals surface area (Å²) in [6.45, 7) is -0.0328. The van der Waals surface area contributed by atoms with E-state index in [4.69, 9.17) is 5.73 Å². The van der Waals surface area contributed by atoms with E-state index in [2.05, 4.69) is 10.6 Å². The highest BCUT2D eigenvalue weighted by Crippen LogP contribution is 2.31. The van der Waals surface area contributed by atoms with Crippen LogP contribution >= 0.6 is 0 Å². The molecule has 0 aromatic heterocycles. The van der Waals surface area contributed by atoms with Gasteiger partial charge in [0, 0.05) is 18.5 Å².